The largest absolute Gasteiger partial charge is 0.481 e. The van der Waals surface area contributed by atoms with Crippen molar-refractivity contribution in [1.82, 2.24) is 9.80 Å². The summed E-state index contributed by atoms with van der Waals surface area (Å²) < 4.78 is 18.9. The molecule has 0 saturated carbocycles. The normalized spacial score (nSPS) is 16.2. The minimum absolute atomic E-state index is 0.0877. The van der Waals surface area contributed by atoms with Crippen molar-refractivity contribution in [2.75, 3.05) is 39.8 Å². The molecule has 5 nitrogen and oxygen atoms in total. The summed E-state index contributed by atoms with van der Waals surface area (Å²) in [5.74, 6) is -0.510. The van der Waals surface area contributed by atoms with Crippen molar-refractivity contribution >= 4 is 5.91 Å². The molecule has 1 saturated heterocycles. The zero-order valence-corrected chi connectivity index (χ0v) is 11.6. The van der Waals surface area contributed by atoms with E-state index in [0.29, 0.717) is 18.7 Å². The third-order valence-corrected chi connectivity index (χ3v) is 3.44. The van der Waals surface area contributed by atoms with Crippen LogP contribution in [-0.2, 0) is 11.3 Å². The average Bonchev–Trinajstić information content (AvgIpc) is 2.46. The van der Waals surface area contributed by atoms with Gasteiger partial charge < -0.3 is 20.3 Å². The van der Waals surface area contributed by atoms with Crippen molar-refractivity contribution in [3.05, 3.63) is 29.6 Å². The number of hydrogen-bond donors (Lipinski definition) is 1. The molecule has 1 aromatic rings. The van der Waals surface area contributed by atoms with E-state index in [4.69, 9.17) is 10.5 Å². The number of ether oxygens (including phenoxy) is 1. The maximum atomic E-state index is 13.7. The number of piperazine rings is 1. The number of carbonyl (C=O) groups excluding carboxylic acids is 1. The lowest BCUT2D eigenvalue weighted by atomic mass is 10.2. The highest BCUT2D eigenvalue weighted by atomic mass is 19.1. The fourth-order valence-corrected chi connectivity index (χ4v) is 2.07. The number of nitrogens with zero attached hydrogens (tertiary/aromatic N) is 2. The molecule has 2 rings (SSSR count). The molecular weight excluding hydrogens is 261 g/mol. The lowest BCUT2D eigenvalue weighted by Gasteiger charge is -2.32. The first-order chi connectivity index (χ1) is 9.60. The van der Waals surface area contributed by atoms with Crippen molar-refractivity contribution in [3.8, 4) is 5.75 Å². The molecule has 20 heavy (non-hydrogen) atoms. The molecule has 110 valence electrons. The Kier molecular flexibility index (Phi) is 4.92. The van der Waals surface area contributed by atoms with E-state index in [1.54, 1.807) is 11.0 Å². The number of nitrogens with two attached hydrogens (primary N) is 1. The van der Waals surface area contributed by atoms with Crippen LogP contribution in [0.15, 0.2) is 18.2 Å². The van der Waals surface area contributed by atoms with E-state index in [-0.39, 0.29) is 24.8 Å². The summed E-state index contributed by atoms with van der Waals surface area (Å²) >= 11 is 0. The Labute approximate surface area is 118 Å². The van der Waals surface area contributed by atoms with E-state index in [9.17, 15) is 9.18 Å². The van der Waals surface area contributed by atoms with Gasteiger partial charge in [-0.05, 0) is 24.7 Å². The summed E-state index contributed by atoms with van der Waals surface area (Å²) in [6.45, 7) is 3.22. The van der Waals surface area contributed by atoms with Gasteiger partial charge in [-0.2, -0.15) is 0 Å². The second kappa shape index (κ2) is 6.67. The van der Waals surface area contributed by atoms with Gasteiger partial charge in [0.05, 0.1) is 0 Å². The quantitative estimate of drug-likeness (QED) is 0.870. The van der Waals surface area contributed by atoms with Crippen LogP contribution in [0.3, 0.4) is 0 Å². The Morgan fingerprint density at radius 2 is 2.05 bits per heavy atom. The van der Waals surface area contributed by atoms with Gasteiger partial charge in [0.15, 0.2) is 18.2 Å². The fourth-order valence-electron chi connectivity index (χ4n) is 2.07. The van der Waals surface area contributed by atoms with Crippen LogP contribution >= 0.6 is 0 Å². The summed E-state index contributed by atoms with van der Waals surface area (Å²) in [5, 5.41) is 0. The second-order valence-corrected chi connectivity index (χ2v) is 4.94. The zero-order chi connectivity index (χ0) is 14.5. The number of benzene rings is 1. The van der Waals surface area contributed by atoms with Crippen molar-refractivity contribution in [3.63, 3.8) is 0 Å². The molecule has 1 aliphatic heterocycles. The predicted octanol–water partition coefficient (Wildman–Crippen LogP) is 0.437. The van der Waals surface area contributed by atoms with Crippen molar-refractivity contribution < 1.29 is 13.9 Å². The maximum absolute atomic E-state index is 13.7. The van der Waals surface area contributed by atoms with E-state index in [0.717, 1.165) is 13.1 Å². The van der Waals surface area contributed by atoms with Gasteiger partial charge in [-0.1, -0.05) is 6.07 Å². The summed E-state index contributed by atoms with van der Waals surface area (Å²) in [6.07, 6.45) is 0. The molecule has 1 fully saturated rings. The van der Waals surface area contributed by atoms with Crippen LogP contribution < -0.4 is 10.5 Å². The van der Waals surface area contributed by atoms with Crippen LogP contribution in [0.4, 0.5) is 4.39 Å². The van der Waals surface area contributed by atoms with Gasteiger partial charge in [0.2, 0.25) is 0 Å². The molecule has 0 atom stereocenters. The molecule has 1 heterocycles. The molecule has 6 heteroatoms. The van der Waals surface area contributed by atoms with Crippen molar-refractivity contribution in [2.45, 2.75) is 6.54 Å². The molecule has 0 spiro atoms. The van der Waals surface area contributed by atoms with Gasteiger partial charge in [0, 0.05) is 32.7 Å². The van der Waals surface area contributed by atoms with Gasteiger partial charge in [0.1, 0.15) is 0 Å². The van der Waals surface area contributed by atoms with Crippen molar-refractivity contribution in [2.24, 2.45) is 5.73 Å². The molecule has 1 aromatic carbocycles. The standard InChI is InChI=1S/C14H20FN3O2/c1-17-4-6-18(7-5-17)14(19)10-20-13-3-2-11(9-16)8-12(13)15/h2-3,8H,4-7,9-10,16H2,1H3. The molecule has 0 unspecified atom stereocenters. The third-order valence-electron chi connectivity index (χ3n) is 3.44. The highest BCUT2D eigenvalue weighted by molar-refractivity contribution is 5.77. The lowest BCUT2D eigenvalue weighted by molar-refractivity contribution is -0.134. The Hall–Kier alpha value is -1.66. The Balaban J connectivity index is 1.87. The van der Waals surface area contributed by atoms with E-state index in [1.807, 2.05) is 7.05 Å². The number of halogens is 1. The van der Waals surface area contributed by atoms with Crippen LogP contribution in [0, 0.1) is 5.82 Å². The Morgan fingerprint density at radius 3 is 2.65 bits per heavy atom. The molecule has 1 aliphatic rings. The molecule has 0 bridgehead atoms. The third kappa shape index (κ3) is 3.68. The summed E-state index contributed by atoms with van der Waals surface area (Å²) in [5.41, 5.74) is 6.12. The van der Waals surface area contributed by atoms with Crippen LogP contribution in [-0.4, -0.2) is 55.5 Å². The van der Waals surface area contributed by atoms with Gasteiger partial charge in [-0.3, -0.25) is 4.79 Å². The summed E-state index contributed by atoms with van der Waals surface area (Å²) in [6, 6.07) is 4.53. The van der Waals surface area contributed by atoms with E-state index in [1.165, 1.54) is 12.1 Å². The first-order valence-electron chi connectivity index (χ1n) is 6.68. The van der Waals surface area contributed by atoms with Gasteiger partial charge in [-0.15, -0.1) is 0 Å². The van der Waals surface area contributed by atoms with Crippen LogP contribution in [0.1, 0.15) is 5.56 Å². The second-order valence-electron chi connectivity index (χ2n) is 4.94. The van der Waals surface area contributed by atoms with Gasteiger partial charge in [-0.25, -0.2) is 4.39 Å². The first kappa shape index (κ1) is 14.7. The van der Waals surface area contributed by atoms with Crippen molar-refractivity contribution in [1.29, 1.82) is 0 Å². The first-order valence-corrected chi connectivity index (χ1v) is 6.68. The number of rotatable bonds is 4. The highest BCUT2D eigenvalue weighted by Gasteiger charge is 2.19. The molecule has 1 amide bonds. The van der Waals surface area contributed by atoms with E-state index < -0.39 is 5.82 Å². The summed E-state index contributed by atoms with van der Waals surface area (Å²) in [4.78, 5) is 15.9. The highest BCUT2D eigenvalue weighted by Crippen LogP contribution is 2.18. The minimum atomic E-state index is -0.487. The van der Waals surface area contributed by atoms with E-state index >= 15 is 0 Å². The number of carbonyl (C=O) groups is 1. The molecule has 2 N–H and O–H groups in total. The molecular formula is C14H20FN3O2. The fraction of sp³-hybridized carbons (Fsp3) is 0.500. The SMILES string of the molecule is CN1CCN(C(=O)COc2ccc(CN)cc2F)CC1. The average molecular weight is 281 g/mol. The topological polar surface area (TPSA) is 58.8 Å². The Bertz CT molecular complexity index is 473. The van der Waals surface area contributed by atoms with Crippen LogP contribution in [0.25, 0.3) is 0 Å². The lowest BCUT2D eigenvalue weighted by Crippen LogP contribution is -2.48. The minimum Gasteiger partial charge on any atom is -0.481 e. The Morgan fingerprint density at radius 1 is 1.35 bits per heavy atom. The number of likely N-dealkylation sites (N-methyl/N-ethyl adjacent to an activating group) is 1. The number of hydrogen-bond acceptors (Lipinski definition) is 4. The van der Waals surface area contributed by atoms with Gasteiger partial charge >= 0.3 is 0 Å². The molecule has 0 radical (unpaired) electrons. The molecule has 0 aliphatic carbocycles. The maximum Gasteiger partial charge on any atom is 0.260 e. The van der Waals surface area contributed by atoms with Gasteiger partial charge in [0.25, 0.3) is 5.91 Å². The summed E-state index contributed by atoms with van der Waals surface area (Å²) in [7, 11) is 2.02. The van der Waals surface area contributed by atoms with Crippen LogP contribution in [0.2, 0.25) is 0 Å². The van der Waals surface area contributed by atoms with E-state index in [2.05, 4.69) is 4.90 Å². The molecule has 0 aromatic heterocycles. The predicted molar refractivity (Wildman–Crippen MR) is 73.9 cm³/mol. The number of amides is 1. The zero-order valence-electron chi connectivity index (χ0n) is 11.6. The monoisotopic (exact) mass is 281 g/mol. The smallest absolute Gasteiger partial charge is 0.260 e. The van der Waals surface area contributed by atoms with Crippen LogP contribution in [0.5, 0.6) is 5.75 Å².